The summed E-state index contributed by atoms with van der Waals surface area (Å²) in [4.78, 5) is 0. The fourth-order valence-corrected chi connectivity index (χ4v) is 1.78. The van der Waals surface area contributed by atoms with Gasteiger partial charge in [-0.25, -0.2) is 8.78 Å². The molecule has 0 amide bonds. The van der Waals surface area contributed by atoms with Crippen LogP contribution in [0.2, 0.25) is 0 Å². The van der Waals surface area contributed by atoms with Crippen LogP contribution in [0.5, 0.6) is 5.75 Å². The van der Waals surface area contributed by atoms with Crippen LogP contribution >= 0.6 is 0 Å². The second-order valence-corrected chi connectivity index (χ2v) is 4.12. The lowest BCUT2D eigenvalue weighted by atomic mass is 10.1. The highest BCUT2D eigenvalue weighted by Gasteiger charge is 2.06. The molecule has 0 aliphatic heterocycles. The zero-order chi connectivity index (χ0) is 14.5. The Morgan fingerprint density at radius 2 is 2.00 bits per heavy atom. The zero-order valence-electron chi connectivity index (χ0n) is 10.8. The minimum atomic E-state index is -0.470. The Kier molecular flexibility index (Phi) is 4.16. The highest BCUT2D eigenvalue weighted by molar-refractivity contribution is 5.57. The molecule has 0 saturated carbocycles. The van der Waals surface area contributed by atoms with Gasteiger partial charge >= 0.3 is 0 Å². The summed E-state index contributed by atoms with van der Waals surface area (Å²) < 4.78 is 31.3. The van der Waals surface area contributed by atoms with Crippen LogP contribution in [-0.2, 0) is 6.54 Å². The van der Waals surface area contributed by atoms with E-state index < -0.39 is 11.6 Å². The number of nitriles is 1. The zero-order valence-corrected chi connectivity index (χ0v) is 10.8. The van der Waals surface area contributed by atoms with Crippen molar-refractivity contribution in [2.45, 2.75) is 6.54 Å². The molecule has 0 atom stereocenters. The van der Waals surface area contributed by atoms with Gasteiger partial charge in [0.25, 0.3) is 0 Å². The third kappa shape index (κ3) is 3.04. The summed E-state index contributed by atoms with van der Waals surface area (Å²) >= 11 is 0. The maximum atomic E-state index is 13.5. The lowest BCUT2D eigenvalue weighted by Gasteiger charge is -2.09. The van der Waals surface area contributed by atoms with Crippen molar-refractivity contribution in [2.24, 2.45) is 0 Å². The van der Waals surface area contributed by atoms with Crippen molar-refractivity contribution in [3.8, 4) is 11.8 Å². The van der Waals surface area contributed by atoms with Crippen LogP contribution in [0.25, 0.3) is 0 Å². The van der Waals surface area contributed by atoms with Crippen LogP contribution in [0.15, 0.2) is 36.4 Å². The normalized spacial score (nSPS) is 9.90. The van der Waals surface area contributed by atoms with Crippen molar-refractivity contribution >= 4 is 5.69 Å². The first-order chi connectivity index (χ1) is 9.63. The number of halogens is 2. The second-order valence-electron chi connectivity index (χ2n) is 4.12. The van der Waals surface area contributed by atoms with E-state index in [4.69, 9.17) is 10.00 Å². The predicted molar refractivity (Wildman–Crippen MR) is 71.4 cm³/mol. The molecular weight excluding hydrogens is 262 g/mol. The molecule has 20 heavy (non-hydrogen) atoms. The molecule has 102 valence electrons. The van der Waals surface area contributed by atoms with Crippen molar-refractivity contribution in [1.82, 2.24) is 0 Å². The SMILES string of the molecule is COc1ccc(CNc2ccc(F)cc2C#N)cc1F. The minimum Gasteiger partial charge on any atom is -0.494 e. The summed E-state index contributed by atoms with van der Waals surface area (Å²) in [6.45, 7) is 0.321. The number of ether oxygens (including phenoxy) is 1. The largest absolute Gasteiger partial charge is 0.494 e. The summed E-state index contributed by atoms with van der Waals surface area (Å²) in [7, 11) is 1.40. The van der Waals surface area contributed by atoms with Crippen molar-refractivity contribution in [3.63, 3.8) is 0 Å². The van der Waals surface area contributed by atoms with Crippen LogP contribution in [0.1, 0.15) is 11.1 Å². The van der Waals surface area contributed by atoms with Gasteiger partial charge in [-0.05, 0) is 35.9 Å². The number of hydrogen-bond acceptors (Lipinski definition) is 3. The molecule has 2 aromatic carbocycles. The van der Waals surface area contributed by atoms with Gasteiger partial charge in [0.05, 0.1) is 18.4 Å². The summed E-state index contributed by atoms with van der Waals surface area (Å²) in [5.74, 6) is -0.748. The first-order valence-electron chi connectivity index (χ1n) is 5.90. The molecule has 0 saturated heterocycles. The number of hydrogen-bond donors (Lipinski definition) is 1. The van der Waals surface area contributed by atoms with Crippen LogP contribution in [0.3, 0.4) is 0 Å². The molecule has 0 heterocycles. The molecule has 0 aromatic heterocycles. The van der Waals surface area contributed by atoms with Crippen LogP contribution < -0.4 is 10.1 Å². The number of rotatable bonds is 4. The maximum absolute atomic E-state index is 13.5. The lowest BCUT2D eigenvalue weighted by molar-refractivity contribution is 0.386. The number of benzene rings is 2. The highest BCUT2D eigenvalue weighted by Crippen LogP contribution is 2.20. The van der Waals surface area contributed by atoms with E-state index in [1.165, 1.54) is 31.4 Å². The average Bonchev–Trinajstić information content (AvgIpc) is 2.46. The molecular formula is C15H12F2N2O. The van der Waals surface area contributed by atoms with E-state index in [9.17, 15) is 8.78 Å². The van der Waals surface area contributed by atoms with Crippen molar-refractivity contribution in [2.75, 3.05) is 12.4 Å². The molecule has 2 rings (SSSR count). The molecule has 2 aromatic rings. The Hall–Kier alpha value is -2.61. The number of anilines is 1. The molecule has 0 radical (unpaired) electrons. The van der Waals surface area contributed by atoms with Crippen LogP contribution in [-0.4, -0.2) is 7.11 Å². The van der Waals surface area contributed by atoms with Crippen molar-refractivity contribution in [3.05, 3.63) is 59.2 Å². The summed E-state index contributed by atoms with van der Waals surface area (Å²) in [5.41, 5.74) is 1.40. The number of nitrogens with one attached hydrogen (secondary N) is 1. The van der Waals surface area contributed by atoms with Crippen molar-refractivity contribution in [1.29, 1.82) is 5.26 Å². The first kappa shape index (κ1) is 13.8. The van der Waals surface area contributed by atoms with Gasteiger partial charge in [-0.15, -0.1) is 0 Å². The third-order valence-corrected chi connectivity index (χ3v) is 2.80. The van der Waals surface area contributed by atoms with E-state index in [0.717, 1.165) is 6.07 Å². The topological polar surface area (TPSA) is 45.0 Å². The van der Waals surface area contributed by atoms with E-state index in [1.807, 2.05) is 6.07 Å². The summed E-state index contributed by atoms with van der Waals surface area (Å²) in [5, 5.41) is 11.9. The predicted octanol–water partition coefficient (Wildman–Crippen LogP) is 3.46. The fourth-order valence-electron chi connectivity index (χ4n) is 1.78. The second kappa shape index (κ2) is 6.02. The highest BCUT2D eigenvalue weighted by atomic mass is 19.1. The molecule has 0 fully saturated rings. The standard InChI is InChI=1S/C15H12F2N2O/c1-20-15-5-2-10(6-13(15)17)9-19-14-4-3-12(16)7-11(14)8-18/h2-7,19H,9H2,1H3. The molecule has 1 N–H and O–H groups in total. The van der Waals surface area contributed by atoms with Crippen LogP contribution in [0, 0.1) is 23.0 Å². The monoisotopic (exact) mass is 274 g/mol. The Labute approximate surface area is 115 Å². The van der Waals surface area contributed by atoms with Gasteiger partial charge in [0.1, 0.15) is 11.9 Å². The molecule has 0 spiro atoms. The fraction of sp³-hybridized carbons (Fsp3) is 0.133. The smallest absolute Gasteiger partial charge is 0.165 e. The van der Waals surface area contributed by atoms with Gasteiger partial charge < -0.3 is 10.1 Å². The molecule has 0 aliphatic carbocycles. The van der Waals surface area contributed by atoms with E-state index in [-0.39, 0.29) is 11.3 Å². The van der Waals surface area contributed by atoms with E-state index in [2.05, 4.69) is 5.32 Å². The van der Waals surface area contributed by atoms with E-state index in [0.29, 0.717) is 17.8 Å². The quantitative estimate of drug-likeness (QED) is 0.928. The molecule has 5 heteroatoms. The third-order valence-electron chi connectivity index (χ3n) is 2.80. The molecule has 0 bridgehead atoms. The molecule has 3 nitrogen and oxygen atoms in total. The number of nitrogens with zero attached hydrogens (tertiary/aromatic N) is 1. The Morgan fingerprint density at radius 3 is 2.65 bits per heavy atom. The van der Waals surface area contributed by atoms with Crippen molar-refractivity contribution < 1.29 is 13.5 Å². The summed E-state index contributed by atoms with van der Waals surface area (Å²) in [6.07, 6.45) is 0. The molecule has 0 aliphatic rings. The Bertz CT molecular complexity index is 665. The molecule has 0 unspecified atom stereocenters. The van der Waals surface area contributed by atoms with Gasteiger partial charge in [0, 0.05) is 6.54 Å². The van der Waals surface area contributed by atoms with Gasteiger partial charge in [-0.3, -0.25) is 0 Å². The van der Waals surface area contributed by atoms with Gasteiger partial charge in [0.15, 0.2) is 11.6 Å². The van der Waals surface area contributed by atoms with E-state index in [1.54, 1.807) is 6.07 Å². The van der Waals surface area contributed by atoms with Crippen LogP contribution in [0.4, 0.5) is 14.5 Å². The Morgan fingerprint density at radius 1 is 1.20 bits per heavy atom. The minimum absolute atomic E-state index is 0.174. The summed E-state index contributed by atoms with van der Waals surface area (Å²) in [6, 6.07) is 10.4. The maximum Gasteiger partial charge on any atom is 0.165 e. The average molecular weight is 274 g/mol. The van der Waals surface area contributed by atoms with E-state index >= 15 is 0 Å². The van der Waals surface area contributed by atoms with Gasteiger partial charge in [-0.1, -0.05) is 6.07 Å². The first-order valence-corrected chi connectivity index (χ1v) is 5.90. The van der Waals surface area contributed by atoms with Gasteiger partial charge in [-0.2, -0.15) is 5.26 Å². The lowest BCUT2D eigenvalue weighted by Crippen LogP contribution is -2.02. The Balaban J connectivity index is 2.13. The van der Waals surface area contributed by atoms with Gasteiger partial charge in [0.2, 0.25) is 0 Å². The number of methoxy groups -OCH3 is 1.